The average Bonchev–Trinajstić information content (AvgIpc) is 3.16. The maximum Gasteiger partial charge on any atom is 0.338 e. The van der Waals surface area contributed by atoms with Gasteiger partial charge in [-0.25, -0.2) is 9.79 Å². The molecule has 0 radical (unpaired) electrons. The highest BCUT2D eigenvalue weighted by Crippen LogP contribution is 2.33. The highest BCUT2D eigenvalue weighted by atomic mass is 127. The molecule has 0 aliphatic carbocycles. The van der Waals surface area contributed by atoms with Gasteiger partial charge in [0.15, 0.2) is 4.80 Å². The van der Waals surface area contributed by atoms with Crippen LogP contribution < -0.4 is 14.9 Å². The van der Waals surface area contributed by atoms with Gasteiger partial charge in [-0.2, -0.15) is 0 Å². The first kappa shape index (κ1) is 28.0. The van der Waals surface area contributed by atoms with Crippen LogP contribution in [0.3, 0.4) is 0 Å². The van der Waals surface area contributed by atoms with E-state index in [1.165, 1.54) is 16.9 Å². The number of thiazole rings is 1. The lowest BCUT2D eigenvalue weighted by atomic mass is 9.92. The molecule has 0 saturated heterocycles. The Labute approximate surface area is 247 Å². The summed E-state index contributed by atoms with van der Waals surface area (Å²) in [4.78, 5) is 32.5. The number of fused-ring (bicyclic) bond motifs is 1. The van der Waals surface area contributed by atoms with E-state index in [9.17, 15) is 14.7 Å². The lowest BCUT2D eigenvalue weighted by Crippen LogP contribution is -2.40. The van der Waals surface area contributed by atoms with E-state index in [-0.39, 0.29) is 17.9 Å². The molecular formula is C28H28I2N2O4S. The van der Waals surface area contributed by atoms with Crippen molar-refractivity contribution in [1.29, 1.82) is 0 Å². The van der Waals surface area contributed by atoms with Crippen LogP contribution in [-0.2, 0) is 9.53 Å². The molecule has 0 fully saturated rings. The molecule has 2 aromatic carbocycles. The molecule has 1 atom stereocenters. The maximum atomic E-state index is 13.9. The first-order valence-electron chi connectivity index (χ1n) is 12.2. The van der Waals surface area contributed by atoms with Gasteiger partial charge in [0.05, 0.1) is 35.6 Å². The number of benzene rings is 2. The van der Waals surface area contributed by atoms with Gasteiger partial charge in [0.25, 0.3) is 5.56 Å². The Morgan fingerprint density at radius 3 is 2.41 bits per heavy atom. The van der Waals surface area contributed by atoms with Crippen molar-refractivity contribution in [2.24, 2.45) is 4.99 Å². The Morgan fingerprint density at radius 1 is 1.19 bits per heavy atom. The van der Waals surface area contributed by atoms with Crippen molar-refractivity contribution >= 4 is 68.6 Å². The summed E-state index contributed by atoms with van der Waals surface area (Å²) < 4.78 is 9.03. The highest BCUT2D eigenvalue weighted by Gasteiger charge is 2.34. The standard InChI is InChI=1S/C28H28I2N2O4S/c1-5-7-21-23(27(35)36-6-2)24(18-10-8-17(9-11-18)15(3)4)32-26(34)22(37-28(32)31-21)14-16-12-19(29)25(33)20(30)13-16/h8-15,24,33H,5-7H2,1-4H3/b22-14-/t24-/m1/s1. The van der Waals surface area contributed by atoms with Crippen molar-refractivity contribution in [3.63, 3.8) is 0 Å². The number of phenolic OH excluding ortho intramolecular Hbond substituents is 1. The van der Waals surface area contributed by atoms with Crippen molar-refractivity contribution in [3.8, 4) is 5.75 Å². The van der Waals surface area contributed by atoms with Crippen molar-refractivity contribution in [2.75, 3.05) is 6.61 Å². The smallest absolute Gasteiger partial charge is 0.338 e. The number of hydrogen-bond acceptors (Lipinski definition) is 6. The summed E-state index contributed by atoms with van der Waals surface area (Å²) in [5, 5.41) is 10.1. The Balaban J connectivity index is 1.98. The van der Waals surface area contributed by atoms with Gasteiger partial charge in [-0.05, 0) is 99.3 Å². The van der Waals surface area contributed by atoms with Crippen LogP contribution in [0.1, 0.15) is 69.2 Å². The number of carbonyl (C=O) groups excluding carboxylic acids is 1. The maximum absolute atomic E-state index is 13.9. The second kappa shape index (κ2) is 11.8. The third kappa shape index (κ3) is 5.73. The number of carbonyl (C=O) groups is 1. The summed E-state index contributed by atoms with van der Waals surface area (Å²) in [6, 6.07) is 11.2. The van der Waals surface area contributed by atoms with Crippen LogP contribution in [-0.4, -0.2) is 22.2 Å². The Bertz CT molecular complexity index is 1530. The van der Waals surface area contributed by atoms with Gasteiger partial charge >= 0.3 is 5.97 Å². The van der Waals surface area contributed by atoms with Crippen LogP contribution >= 0.6 is 56.5 Å². The number of phenols is 1. The van der Waals surface area contributed by atoms with Gasteiger partial charge in [-0.15, -0.1) is 0 Å². The number of rotatable bonds is 7. The molecule has 0 bridgehead atoms. The van der Waals surface area contributed by atoms with Crippen LogP contribution in [0.2, 0.25) is 0 Å². The van der Waals surface area contributed by atoms with Gasteiger partial charge in [0, 0.05) is 0 Å². The SMILES string of the molecule is CCCC1=C(C(=O)OCC)[C@@H](c2ccc(C(C)C)cc2)n2c(s/c(=C\c3cc(I)c(O)c(I)c3)c2=O)=N1. The Kier molecular flexibility index (Phi) is 8.95. The largest absolute Gasteiger partial charge is 0.506 e. The number of halogens is 2. The summed E-state index contributed by atoms with van der Waals surface area (Å²) in [7, 11) is 0. The molecule has 9 heteroatoms. The first-order chi connectivity index (χ1) is 17.7. The minimum absolute atomic E-state index is 0.211. The average molecular weight is 742 g/mol. The number of aromatic nitrogens is 1. The molecule has 1 aromatic heterocycles. The molecule has 194 valence electrons. The van der Waals surface area contributed by atoms with Gasteiger partial charge < -0.3 is 9.84 Å². The minimum atomic E-state index is -0.625. The summed E-state index contributed by atoms with van der Waals surface area (Å²) in [5.74, 6) is 0.153. The van der Waals surface area contributed by atoms with E-state index in [2.05, 4.69) is 71.2 Å². The van der Waals surface area contributed by atoms with E-state index < -0.39 is 12.0 Å². The lowest BCUT2D eigenvalue weighted by molar-refractivity contribution is -0.139. The highest BCUT2D eigenvalue weighted by molar-refractivity contribution is 14.1. The molecule has 0 saturated carbocycles. The van der Waals surface area contributed by atoms with Crippen LogP contribution in [0, 0.1) is 7.14 Å². The van der Waals surface area contributed by atoms with E-state index in [1.807, 2.05) is 37.3 Å². The van der Waals surface area contributed by atoms with E-state index >= 15 is 0 Å². The number of hydrogen-bond donors (Lipinski definition) is 1. The number of allylic oxidation sites excluding steroid dienone is 1. The van der Waals surface area contributed by atoms with E-state index in [4.69, 9.17) is 9.73 Å². The van der Waals surface area contributed by atoms with Crippen molar-refractivity contribution in [2.45, 2.75) is 52.5 Å². The molecular weight excluding hydrogens is 714 g/mol. The molecule has 0 amide bonds. The fourth-order valence-corrected chi connectivity index (χ4v) is 7.16. The Morgan fingerprint density at radius 2 is 1.84 bits per heavy atom. The second-order valence-electron chi connectivity index (χ2n) is 9.07. The molecule has 3 aromatic rings. The molecule has 0 unspecified atom stereocenters. The molecule has 4 rings (SSSR count). The summed E-state index contributed by atoms with van der Waals surface area (Å²) in [6.45, 7) is 8.32. The summed E-state index contributed by atoms with van der Waals surface area (Å²) >= 11 is 5.47. The van der Waals surface area contributed by atoms with E-state index in [0.29, 0.717) is 40.1 Å². The number of aromatic hydroxyl groups is 1. The minimum Gasteiger partial charge on any atom is -0.506 e. The zero-order chi connectivity index (χ0) is 26.9. The van der Waals surface area contributed by atoms with Crippen LogP contribution in [0.5, 0.6) is 5.75 Å². The van der Waals surface area contributed by atoms with E-state index in [0.717, 1.165) is 17.5 Å². The number of esters is 1. The van der Waals surface area contributed by atoms with Gasteiger partial charge in [0.2, 0.25) is 0 Å². The van der Waals surface area contributed by atoms with Gasteiger partial charge in [-0.3, -0.25) is 9.36 Å². The monoisotopic (exact) mass is 742 g/mol. The quantitative estimate of drug-likeness (QED) is 0.252. The van der Waals surface area contributed by atoms with Crippen molar-refractivity contribution in [1.82, 2.24) is 4.57 Å². The first-order valence-corrected chi connectivity index (χ1v) is 15.1. The normalized spacial score (nSPS) is 15.6. The fourth-order valence-electron chi connectivity index (χ4n) is 4.32. The zero-order valence-electron chi connectivity index (χ0n) is 21.0. The third-order valence-corrected chi connectivity index (χ3v) is 8.78. The van der Waals surface area contributed by atoms with Crippen molar-refractivity contribution in [3.05, 3.63) is 91.2 Å². The fraction of sp³-hybridized carbons (Fsp3) is 0.321. The molecule has 0 spiro atoms. The lowest BCUT2D eigenvalue weighted by Gasteiger charge is -2.26. The topological polar surface area (TPSA) is 80.9 Å². The van der Waals surface area contributed by atoms with Gasteiger partial charge in [-0.1, -0.05) is 62.8 Å². The second-order valence-corrected chi connectivity index (χ2v) is 12.4. The predicted molar refractivity (Wildman–Crippen MR) is 164 cm³/mol. The summed E-state index contributed by atoms with van der Waals surface area (Å²) in [6.07, 6.45) is 3.23. The molecule has 1 N–H and O–H groups in total. The Hall–Kier alpha value is -1.99. The van der Waals surface area contributed by atoms with Crippen LogP contribution in [0.25, 0.3) is 6.08 Å². The molecule has 1 aliphatic heterocycles. The van der Waals surface area contributed by atoms with Crippen LogP contribution in [0.15, 0.2) is 57.5 Å². The summed E-state index contributed by atoms with van der Waals surface area (Å²) in [5.41, 5.74) is 3.72. The van der Waals surface area contributed by atoms with Gasteiger partial charge in [0.1, 0.15) is 5.75 Å². The van der Waals surface area contributed by atoms with Crippen molar-refractivity contribution < 1.29 is 14.6 Å². The molecule has 6 nitrogen and oxygen atoms in total. The molecule has 2 heterocycles. The van der Waals surface area contributed by atoms with Crippen LogP contribution in [0.4, 0.5) is 0 Å². The third-order valence-electron chi connectivity index (χ3n) is 6.15. The zero-order valence-corrected chi connectivity index (χ0v) is 26.2. The molecule has 37 heavy (non-hydrogen) atoms. The number of ether oxygens (including phenoxy) is 1. The molecule has 1 aliphatic rings. The van der Waals surface area contributed by atoms with E-state index in [1.54, 1.807) is 11.5 Å². The number of nitrogens with zero attached hydrogens (tertiary/aromatic N) is 2. The predicted octanol–water partition coefficient (Wildman–Crippen LogP) is 5.62.